The molecule has 2 rings (SSSR count). The molecule has 0 radical (unpaired) electrons. The molecule has 4 nitrogen and oxygen atoms in total. The van der Waals surface area contributed by atoms with E-state index >= 15 is 0 Å². The SMILES string of the molecule is CN1OC2CCNCC2C1=O. The highest BCUT2D eigenvalue weighted by Gasteiger charge is 2.41. The van der Waals surface area contributed by atoms with Gasteiger partial charge in [-0.05, 0) is 13.0 Å². The maximum absolute atomic E-state index is 11.3. The highest BCUT2D eigenvalue weighted by Crippen LogP contribution is 2.24. The summed E-state index contributed by atoms with van der Waals surface area (Å²) in [5, 5.41) is 4.54. The standard InChI is InChI=1S/C7H12N2O2/c1-9-7(10)5-4-8-3-2-6(5)11-9/h5-6,8H,2-4H2,1H3. The van der Waals surface area contributed by atoms with Gasteiger partial charge in [-0.2, -0.15) is 0 Å². The zero-order valence-corrected chi connectivity index (χ0v) is 6.54. The topological polar surface area (TPSA) is 41.6 Å². The van der Waals surface area contributed by atoms with Crippen LogP contribution in [-0.4, -0.2) is 37.2 Å². The van der Waals surface area contributed by atoms with E-state index in [2.05, 4.69) is 5.32 Å². The van der Waals surface area contributed by atoms with Gasteiger partial charge in [-0.3, -0.25) is 9.63 Å². The largest absolute Gasteiger partial charge is 0.316 e. The molecule has 2 fully saturated rings. The van der Waals surface area contributed by atoms with E-state index in [0.717, 1.165) is 19.5 Å². The number of hydrogen-bond donors (Lipinski definition) is 1. The molecule has 0 bridgehead atoms. The zero-order valence-electron chi connectivity index (χ0n) is 6.54. The van der Waals surface area contributed by atoms with Gasteiger partial charge >= 0.3 is 0 Å². The van der Waals surface area contributed by atoms with Crippen molar-refractivity contribution in [1.29, 1.82) is 0 Å². The van der Waals surface area contributed by atoms with Crippen LogP contribution in [0.15, 0.2) is 0 Å². The molecule has 1 amide bonds. The van der Waals surface area contributed by atoms with Crippen LogP contribution >= 0.6 is 0 Å². The average Bonchev–Trinajstić information content (AvgIpc) is 2.30. The van der Waals surface area contributed by atoms with E-state index in [1.807, 2.05) is 0 Å². The molecule has 2 aliphatic heterocycles. The number of hydroxylamine groups is 2. The maximum atomic E-state index is 11.3. The van der Waals surface area contributed by atoms with Crippen molar-refractivity contribution in [3.8, 4) is 0 Å². The number of hydrogen-bond acceptors (Lipinski definition) is 3. The molecule has 2 aliphatic rings. The molecule has 2 atom stereocenters. The molecule has 4 heteroatoms. The Labute approximate surface area is 65.5 Å². The van der Waals surface area contributed by atoms with Gasteiger partial charge in [0.1, 0.15) is 0 Å². The monoisotopic (exact) mass is 156 g/mol. The number of nitrogens with zero attached hydrogens (tertiary/aromatic N) is 1. The molecule has 0 aromatic rings. The Bertz CT molecular complexity index is 183. The summed E-state index contributed by atoms with van der Waals surface area (Å²) in [6.07, 6.45) is 1.08. The normalized spacial score (nSPS) is 37.5. The molecular formula is C7H12N2O2. The van der Waals surface area contributed by atoms with E-state index in [1.54, 1.807) is 7.05 Å². The van der Waals surface area contributed by atoms with Crippen LogP contribution in [-0.2, 0) is 9.63 Å². The Kier molecular flexibility index (Phi) is 1.58. The number of piperidine rings is 1. The van der Waals surface area contributed by atoms with Crippen LogP contribution in [0.25, 0.3) is 0 Å². The summed E-state index contributed by atoms with van der Waals surface area (Å²) in [4.78, 5) is 16.6. The molecule has 2 unspecified atom stereocenters. The predicted octanol–water partition coefficient (Wildman–Crippen LogP) is -0.632. The second-order valence-electron chi connectivity index (χ2n) is 3.08. The quantitative estimate of drug-likeness (QED) is 0.507. The Hall–Kier alpha value is -0.610. The minimum Gasteiger partial charge on any atom is -0.316 e. The fourth-order valence-electron chi connectivity index (χ4n) is 1.70. The fraction of sp³-hybridized carbons (Fsp3) is 0.857. The summed E-state index contributed by atoms with van der Waals surface area (Å²) in [5.41, 5.74) is 0. The van der Waals surface area contributed by atoms with Crippen LogP contribution in [0.3, 0.4) is 0 Å². The van der Waals surface area contributed by atoms with Crippen molar-refractivity contribution in [3.63, 3.8) is 0 Å². The Morgan fingerprint density at radius 3 is 3.27 bits per heavy atom. The highest BCUT2D eigenvalue weighted by molar-refractivity contribution is 5.80. The number of rotatable bonds is 0. The van der Waals surface area contributed by atoms with E-state index in [1.165, 1.54) is 5.06 Å². The minimum atomic E-state index is 0.0637. The first kappa shape index (κ1) is 7.06. The molecule has 2 heterocycles. The molecule has 1 N–H and O–H groups in total. The van der Waals surface area contributed by atoms with Crippen LogP contribution in [0.2, 0.25) is 0 Å². The lowest BCUT2D eigenvalue weighted by Gasteiger charge is -2.20. The fourth-order valence-corrected chi connectivity index (χ4v) is 1.70. The third-order valence-corrected chi connectivity index (χ3v) is 2.34. The van der Waals surface area contributed by atoms with Crippen LogP contribution in [0.5, 0.6) is 0 Å². The van der Waals surface area contributed by atoms with Crippen LogP contribution in [0.4, 0.5) is 0 Å². The lowest BCUT2D eigenvalue weighted by molar-refractivity contribution is -0.164. The second-order valence-corrected chi connectivity index (χ2v) is 3.08. The number of fused-ring (bicyclic) bond motifs is 1. The summed E-state index contributed by atoms with van der Waals surface area (Å²) in [5.74, 6) is 0.177. The average molecular weight is 156 g/mol. The Balaban J connectivity index is 2.11. The molecule has 11 heavy (non-hydrogen) atoms. The van der Waals surface area contributed by atoms with Gasteiger partial charge in [0, 0.05) is 13.6 Å². The first-order valence-corrected chi connectivity index (χ1v) is 3.94. The molecule has 0 aliphatic carbocycles. The molecule has 0 aromatic heterocycles. The molecule has 2 saturated heterocycles. The summed E-state index contributed by atoms with van der Waals surface area (Å²) >= 11 is 0. The Morgan fingerprint density at radius 1 is 1.73 bits per heavy atom. The first-order chi connectivity index (χ1) is 5.29. The number of carbonyl (C=O) groups excluding carboxylic acids is 1. The molecule has 62 valence electrons. The summed E-state index contributed by atoms with van der Waals surface area (Å²) in [7, 11) is 1.68. The van der Waals surface area contributed by atoms with Crippen LogP contribution in [0, 0.1) is 5.92 Å². The van der Waals surface area contributed by atoms with Gasteiger partial charge < -0.3 is 5.32 Å². The lowest BCUT2D eigenvalue weighted by Crippen LogP contribution is -2.40. The smallest absolute Gasteiger partial charge is 0.252 e. The lowest BCUT2D eigenvalue weighted by atomic mass is 9.97. The van der Waals surface area contributed by atoms with Crippen molar-refractivity contribution in [1.82, 2.24) is 10.4 Å². The number of nitrogens with one attached hydrogen (secondary N) is 1. The summed E-state index contributed by atoms with van der Waals surface area (Å²) in [6, 6.07) is 0. The molecule has 0 saturated carbocycles. The van der Waals surface area contributed by atoms with Gasteiger partial charge in [-0.1, -0.05) is 0 Å². The maximum Gasteiger partial charge on any atom is 0.252 e. The van der Waals surface area contributed by atoms with Crippen molar-refractivity contribution in [2.24, 2.45) is 5.92 Å². The van der Waals surface area contributed by atoms with E-state index in [4.69, 9.17) is 4.84 Å². The highest BCUT2D eigenvalue weighted by atomic mass is 16.7. The van der Waals surface area contributed by atoms with Gasteiger partial charge in [-0.15, -0.1) is 0 Å². The molecule has 0 spiro atoms. The van der Waals surface area contributed by atoms with E-state index in [9.17, 15) is 4.79 Å². The van der Waals surface area contributed by atoms with E-state index in [0.29, 0.717) is 0 Å². The number of amides is 1. The van der Waals surface area contributed by atoms with Crippen molar-refractivity contribution in [2.75, 3.05) is 20.1 Å². The third kappa shape index (κ3) is 1.02. The van der Waals surface area contributed by atoms with Crippen LogP contribution in [0.1, 0.15) is 6.42 Å². The van der Waals surface area contributed by atoms with Crippen molar-refractivity contribution in [3.05, 3.63) is 0 Å². The zero-order chi connectivity index (χ0) is 7.84. The molecule has 0 aromatic carbocycles. The van der Waals surface area contributed by atoms with Gasteiger partial charge in [0.2, 0.25) is 0 Å². The van der Waals surface area contributed by atoms with Crippen LogP contribution < -0.4 is 5.32 Å². The van der Waals surface area contributed by atoms with Gasteiger partial charge in [0.25, 0.3) is 5.91 Å². The van der Waals surface area contributed by atoms with Gasteiger partial charge in [-0.25, -0.2) is 5.06 Å². The minimum absolute atomic E-state index is 0.0637. The van der Waals surface area contributed by atoms with E-state index in [-0.39, 0.29) is 17.9 Å². The van der Waals surface area contributed by atoms with Gasteiger partial charge in [0.15, 0.2) is 0 Å². The first-order valence-electron chi connectivity index (χ1n) is 3.94. The van der Waals surface area contributed by atoms with E-state index < -0.39 is 0 Å². The third-order valence-electron chi connectivity index (χ3n) is 2.34. The Morgan fingerprint density at radius 2 is 2.55 bits per heavy atom. The van der Waals surface area contributed by atoms with Gasteiger partial charge in [0.05, 0.1) is 12.0 Å². The van der Waals surface area contributed by atoms with Crippen molar-refractivity contribution >= 4 is 5.91 Å². The predicted molar refractivity (Wildman–Crippen MR) is 38.6 cm³/mol. The summed E-state index contributed by atoms with van der Waals surface area (Å²) in [6.45, 7) is 1.73. The summed E-state index contributed by atoms with van der Waals surface area (Å²) < 4.78 is 0. The molecular weight excluding hydrogens is 144 g/mol. The second kappa shape index (κ2) is 2.46. The number of carbonyl (C=O) groups is 1. The van der Waals surface area contributed by atoms with Crippen molar-refractivity contribution < 1.29 is 9.63 Å². The van der Waals surface area contributed by atoms with Crippen molar-refractivity contribution in [2.45, 2.75) is 12.5 Å².